The van der Waals surface area contributed by atoms with Gasteiger partial charge in [0.15, 0.2) is 11.2 Å². The molecule has 1 aliphatic rings. The number of anilines is 2. The summed E-state index contributed by atoms with van der Waals surface area (Å²) < 4.78 is 10.0. The van der Waals surface area contributed by atoms with Gasteiger partial charge in [0.25, 0.3) is 5.56 Å². The molecule has 1 atom stereocenters. The topological polar surface area (TPSA) is 94.5 Å². The molecule has 3 heterocycles. The van der Waals surface area contributed by atoms with Crippen molar-refractivity contribution in [2.45, 2.75) is 65.1 Å². The Hall–Kier alpha value is -3.07. The minimum Gasteiger partial charge on any atom is -0.494 e. The highest BCUT2D eigenvalue weighted by Crippen LogP contribution is 2.32. The van der Waals surface area contributed by atoms with Crippen LogP contribution in [-0.4, -0.2) is 43.0 Å². The van der Waals surface area contributed by atoms with Gasteiger partial charge in [-0.15, -0.1) is 0 Å². The summed E-state index contributed by atoms with van der Waals surface area (Å²) in [4.78, 5) is 32.9. The summed E-state index contributed by atoms with van der Waals surface area (Å²) in [5, 5.41) is 10.6. The van der Waals surface area contributed by atoms with Crippen molar-refractivity contribution < 1.29 is 9.84 Å². The van der Waals surface area contributed by atoms with Gasteiger partial charge in [-0.25, -0.2) is 4.79 Å². The van der Waals surface area contributed by atoms with Crippen molar-refractivity contribution in [3.8, 4) is 5.75 Å². The fraction of sp³-hybridized carbons (Fsp3) is 0.542. The van der Waals surface area contributed by atoms with Crippen LogP contribution >= 0.6 is 0 Å². The van der Waals surface area contributed by atoms with E-state index in [9.17, 15) is 14.7 Å². The molecule has 0 unspecified atom stereocenters. The molecule has 2 aromatic heterocycles. The number of aromatic nitrogens is 4. The molecule has 9 heteroatoms. The van der Waals surface area contributed by atoms with Crippen LogP contribution in [0.25, 0.3) is 11.2 Å². The molecule has 178 valence electrons. The van der Waals surface area contributed by atoms with Crippen LogP contribution in [0.5, 0.6) is 5.75 Å². The Morgan fingerprint density at radius 1 is 1.06 bits per heavy atom. The molecule has 4 rings (SSSR count). The van der Waals surface area contributed by atoms with Crippen molar-refractivity contribution in [1.82, 2.24) is 18.7 Å². The summed E-state index contributed by atoms with van der Waals surface area (Å²) in [7, 11) is 1.65. The van der Waals surface area contributed by atoms with Crippen molar-refractivity contribution >= 4 is 22.8 Å². The molecule has 0 spiro atoms. The van der Waals surface area contributed by atoms with Gasteiger partial charge in [-0.1, -0.05) is 32.6 Å². The Bertz CT molecular complexity index is 1220. The lowest BCUT2D eigenvalue weighted by Gasteiger charge is -2.32. The standard InChI is InChI=1S/C24H33N5O4/c1-4-6-7-8-9-14-27-22(31)20-21(26(3)24(27)32)25-23-28(15-18(30)16-29(20)23)17-10-12-19(13-11-17)33-5-2/h10-13,18,30H,4-9,14-16H2,1-3H3/t18-/m0/s1. The van der Waals surface area contributed by atoms with Gasteiger partial charge in [0.2, 0.25) is 5.95 Å². The summed E-state index contributed by atoms with van der Waals surface area (Å²) >= 11 is 0. The van der Waals surface area contributed by atoms with Crippen molar-refractivity contribution in [3.05, 3.63) is 45.1 Å². The number of nitrogens with zero attached hydrogens (tertiary/aromatic N) is 5. The van der Waals surface area contributed by atoms with Crippen molar-refractivity contribution in [2.24, 2.45) is 7.05 Å². The van der Waals surface area contributed by atoms with Gasteiger partial charge >= 0.3 is 5.69 Å². The Morgan fingerprint density at radius 2 is 1.79 bits per heavy atom. The number of aliphatic hydroxyl groups is 1. The third-order valence-corrected chi connectivity index (χ3v) is 6.19. The molecule has 0 amide bonds. The number of β-amino-alcohol motifs (C(OH)–C–C–N with tert-alkyl or cyclic N) is 1. The minimum absolute atomic E-state index is 0.253. The van der Waals surface area contributed by atoms with Crippen molar-refractivity contribution in [3.63, 3.8) is 0 Å². The van der Waals surface area contributed by atoms with Crippen LogP contribution in [0.3, 0.4) is 0 Å². The van der Waals surface area contributed by atoms with Gasteiger partial charge in [0.1, 0.15) is 5.75 Å². The van der Waals surface area contributed by atoms with Crippen LogP contribution in [0, 0.1) is 0 Å². The number of ether oxygens (including phenoxy) is 1. The first-order chi connectivity index (χ1) is 16.0. The summed E-state index contributed by atoms with van der Waals surface area (Å²) in [5.41, 5.74) is 0.826. The Kier molecular flexibility index (Phi) is 6.88. The monoisotopic (exact) mass is 455 g/mol. The summed E-state index contributed by atoms with van der Waals surface area (Å²) in [6.07, 6.45) is 4.47. The Labute approximate surface area is 192 Å². The molecule has 1 aromatic carbocycles. The van der Waals surface area contributed by atoms with Crippen LogP contribution in [0.2, 0.25) is 0 Å². The van der Waals surface area contributed by atoms with Crippen LogP contribution in [0.1, 0.15) is 46.0 Å². The van der Waals surface area contributed by atoms with Crippen LogP contribution in [0.4, 0.5) is 11.6 Å². The number of hydrogen-bond acceptors (Lipinski definition) is 6. The first kappa shape index (κ1) is 23.1. The highest BCUT2D eigenvalue weighted by atomic mass is 16.5. The van der Waals surface area contributed by atoms with Gasteiger partial charge in [0, 0.05) is 19.3 Å². The second-order valence-electron chi connectivity index (χ2n) is 8.60. The lowest BCUT2D eigenvalue weighted by molar-refractivity contribution is 0.154. The highest BCUT2D eigenvalue weighted by molar-refractivity contribution is 5.77. The average Bonchev–Trinajstić information content (AvgIpc) is 3.19. The summed E-state index contributed by atoms with van der Waals surface area (Å²) in [6.45, 7) is 5.65. The molecule has 0 radical (unpaired) electrons. The molecule has 0 aliphatic carbocycles. The van der Waals surface area contributed by atoms with Crippen molar-refractivity contribution in [2.75, 3.05) is 18.1 Å². The molecule has 9 nitrogen and oxygen atoms in total. The number of fused-ring (bicyclic) bond motifs is 3. The third-order valence-electron chi connectivity index (χ3n) is 6.19. The molecule has 0 saturated heterocycles. The molecule has 0 bridgehead atoms. The predicted molar refractivity (Wildman–Crippen MR) is 129 cm³/mol. The quantitative estimate of drug-likeness (QED) is 0.499. The number of aryl methyl sites for hydroxylation is 1. The Morgan fingerprint density at radius 3 is 2.48 bits per heavy atom. The normalized spacial score (nSPS) is 15.8. The maximum atomic E-state index is 13.4. The summed E-state index contributed by atoms with van der Waals surface area (Å²) in [5.74, 6) is 1.31. The summed E-state index contributed by atoms with van der Waals surface area (Å²) in [6, 6.07) is 7.54. The SMILES string of the molecule is CCCCCCCn1c(=O)c2c(nc3n2C[C@@H](O)CN3c2ccc(OCC)cc2)n(C)c1=O. The van der Waals surface area contributed by atoms with E-state index in [2.05, 4.69) is 11.9 Å². The molecule has 0 fully saturated rings. The Balaban J connectivity index is 1.75. The molecule has 3 aromatic rings. The minimum atomic E-state index is -0.680. The third kappa shape index (κ3) is 4.42. The second kappa shape index (κ2) is 9.82. The average molecular weight is 456 g/mol. The molecule has 33 heavy (non-hydrogen) atoms. The first-order valence-electron chi connectivity index (χ1n) is 11.8. The largest absolute Gasteiger partial charge is 0.494 e. The van der Waals surface area contributed by atoms with E-state index in [1.165, 1.54) is 9.13 Å². The van der Waals surface area contributed by atoms with E-state index in [1.807, 2.05) is 36.1 Å². The van der Waals surface area contributed by atoms with Gasteiger partial charge in [-0.05, 0) is 37.6 Å². The number of rotatable bonds is 9. The highest BCUT2D eigenvalue weighted by Gasteiger charge is 2.30. The van der Waals surface area contributed by atoms with Gasteiger partial charge in [-0.3, -0.25) is 13.9 Å². The van der Waals surface area contributed by atoms with E-state index in [0.29, 0.717) is 36.8 Å². The van der Waals surface area contributed by atoms with E-state index in [4.69, 9.17) is 4.74 Å². The zero-order valence-corrected chi connectivity index (χ0v) is 19.7. The van der Waals surface area contributed by atoms with Gasteiger partial charge in [0.05, 0.1) is 25.8 Å². The van der Waals surface area contributed by atoms with Crippen molar-refractivity contribution in [1.29, 1.82) is 0 Å². The zero-order chi connectivity index (χ0) is 23.5. The van der Waals surface area contributed by atoms with Gasteiger partial charge < -0.3 is 19.3 Å². The van der Waals surface area contributed by atoms with E-state index in [-0.39, 0.29) is 17.8 Å². The molecular weight excluding hydrogens is 422 g/mol. The smallest absolute Gasteiger partial charge is 0.332 e. The number of benzene rings is 1. The lowest BCUT2D eigenvalue weighted by atomic mass is 10.1. The van der Waals surface area contributed by atoms with E-state index in [0.717, 1.165) is 43.5 Å². The van der Waals surface area contributed by atoms with Gasteiger partial charge in [-0.2, -0.15) is 4.98 Å². The maximum absolute atomic E-state index is 13.4. The fourth-order valence-electron chi connectivity index (χ4n) is 4.48. The predicted octanol–water partition coefficient (Wildman–Crippen LogP) is 2.78. The number of aliphatic hydroxyl groups excluding tert-OH is 1. The van der Waals surface area contributed by atoms with E-state index >= 15 is 0 Å². The molecule has 0 saturated carbocycles. The van der Waals surface area contributed by atoms with E-state index < -0.39 is 6.10 Å². The van der Waals surface area contributed by atoms with E-state index in [1.54, 1.807) is 11.6 Å². The fourth-order valence-corrected chi connectivity index (χ4v) is 4.48. The van der Waals surface area contributed by atoms with Crippen LogP contribution in [0.15, 0.2) is 33.9 Å². The second-order valence-corrected chi connectivity index (χ2v) is 8.60. The molecule has 1 aliphatic heterocycles. The number of hydrogen-bond donors (Lipinski definition) is 1. The van der Waals surface area contributed by atoms with Crippen LogP contribution < -0.4 is 20.9 Å². The first-order valence-corrected chi connectivity index (χ1v) is 11.8. The van der Waals surface area contributed by atoms with Crippen LogP contribution in [-0.2, 0) is 20.1 Å². The molecule has 1 N–H and O–H groups in total. The maximum Gasteiger partial charge on any atom is 0.332 e. The zero-order valence-electron chi connectivity index (χ0n) is 19.7. The lowest BCUT2D eigenvalue weighted by Crippen LogP contribution is -2.41. The number of unbranched alkanes of at least 4 members (excludes halogenated alkanes) is 4. The molecular formula is C24H33N5O4. The number of imidazole rings is 1.